The zero-order valence-corrected chi connectivity index (χ0v) is 11.5. The van der Waals surface area contributed by atoms with E-state index in [9.17, 15) is 8.78 Å². The molecular formula is C13H16F2N2OS. The summed E-state index contributed by atoms with van der Waals surface area (Å²) in [5, 5.41) is 0. The van der Waals surface area contributed by atoms with E-state index < -0.39 is 11.6 Å². The number of halogens is 2. The topological polar surface area (TPSA) is 38.5 Å². The molecule has 0 aromatic heterocycles. The van der Waals surface area contributed by atoms with Gasteiger partial charge in [0, 0.05) is 25.3 Å². The molecule has 0 spiro atoms. The minimum atomic E-state index is -0.979. The highest BCUT2D eigenvalue weighted by Crippen LogP contribution is 2.34. The predicted molar refractivity (Wildman–Crippen MR) is 74.5 cm³/mol. The lowest BCUT2D eigenvalue weighted by Crippen LogP contribution is -2.30. The summed E-state index contributed by atoms with van der Waals surface area (Å²) < 4.78 is 33.0. The number of nitrogens with two attached hydrogens (primary N) is 1. The number of ether oxygens (including phenoxy) is 1. The fraction of sp³-hybridized carbons (Fsp3) is 0.462. The van der Waals surface area contributed by atoms with Gasteiger partial charge in [0.15, 0.2) is 11.6 Å². The van der Waals surface area contributed by atoms with Crippen molar-refractivity contribution in [3.63, 3.8) is 0 Å². The first kappa shape index (κ1) is 14.1. The van der Waals surface area contributed by atoms with Crippen LogP contribution in [0.2, 0.25) is 0 Å². The first-order valence-electron chi connectivity index (χ1n) is 6.09. The lowest BCUT2D eigenvalue weighted by atomic mass is 10.1. The van der Waals surface area contributed by atoms with E-state index in [1.807, 2.05) is 4.90 Å². The maximum absolute atomic E-state index is 14.1. The van der Waals surface area contributed by atoms with E-state index in [0.29, 0.717) is 13.2 Å². The monoisotopic (exact) mass is 286 g/mol. The number of methoxy groups -OCH3 is 1. The van der Waals surface area contributed by atoms with Crippen molar-refractivity contribution >= 4 is 22.9 Å². The summed E-state index contributed by atoms with van der Waals surface area (Å²) >= 11 is 4.69. The summed E-state index contributed by atoms with van der Waals surface area (Å²) in [4.78, 5) is 1.70. The molecule has 1 aromatic carbocycles. The zero-order valence-electron chi connectivity index (χ0n) is 10.7. The van der Waals surface area contributed by atoms with Crippen molar-refractivity contribution in [1.82, 2.24) is 0 Å². The second-order valence-electron chi connectivity index (χ2n) is 4.54. The normalized spacial score (nSPS) is 14.5. The van der Waals surface area contributed by atoms with Crippen LogP contribution in [0.15, 0.2) is 12.1 Å². The van der Waals surface area contributed by atoms with E-state index in [1.165, 1.54) is 12.1 Å². The van der Waals surface area contributed by atoms with Gasteiger partial charge in [-0.1, -0.05) is 12.2 Å². The molecule has 19 heavy (non-hydrogen) atoms. The summed E-state index contributed by atoms with van der Waals surface area (Å²) in [6.45, 7) is 0.999. The largest absolute Gasteiger partial charge is 0.389 e. The molecule has 0 saturated heterocycles. The molecule has 104 valence electrons. The van der Waals surface area contributed by atoms with Crippen LogP contribution < -0.4 is 10.6 Å². The molecule has 0 radical (unpaired) electrons. The van der Waals surface area contributed by atoms with Gasteiger partial charge in [-0.05, 0) is 25.0 Å². The number of thiocarbonyl (C=S) groups is 1. The first-order valence-corrected chi connectivity index (χ1v) is 6.50. The Hall–Kier alpha value is -1.27. The minimum absolute atomic E-state index is 0.0567. The van der Waals surface area contributed by atoms with E-state index in [-0.39, 0.29) is 22.3 Å². The van der Waals surface area contributed by atoms with E-state index in [4.69, 9.17) is 10.5 Å². The Morgan fingerprint density at radius 1 is 1.42 bits per heavy atom. The third kappa shape index (κ3) is 3.01. The average molecular weight is 286 g/mol. The van der Waals surface area contributed by atoms with Crippen LogP contribution in [0.5, 0.6) is 0 Å². The Morgan fingerprint density at radius 3 is 2.63 bits per heavy atom. The van der Waals surface area contributed by atoms with Crippen molar-refractivity contribution in [2.75, 3.05) is 25.2 Å². The average Bonchev–Trinajstić information content (AvgIpc) is 3.18. The molecule has 3 nitrogen and oxygen atoms in total. The van der Waals surface area contributed by atoms with E-state index in [2.05, 4.69) is 12.2 Å². The Morgan fingerprint density at radius 2 is 2.11 bits per heavy atom. The van der Waals surface area contributed by atoms with E-state index in [0.717, 1.165) is 12.8 Å². The quantitative estimate of drug-likeness (QED) is 0.814. The summed E-state index contributed by atoms with van der Waals surface area (Å²) in [5.41, 5.74) is 5.54. The van der Waals surface area contributed by atoms with Gasteiger partial charge in [0.2, 0.25) is 0 Å². The highest BCUT2D eigenvalue weighted by molar-refractivity contribution is 7.80. The number of hydrogen-bond donors (Lipinski definition) is 1. The van der Waals surface area contributed by atoms with E-state index in [1.54, 1.807) is 7.11 Å². The molecule has 2 rings (SSSR count). The van der Waals surface area contributed by atoms with Gasteiger partial charge in [-0.15, -0.1) is 0 Å². The van der Waals surface area contributed by atoms with Crippen LogP contribution in [0, 0.1) is 11.6 Å². The molecule has 0 aliphatic heterocycles. The molecule has 1 aliphatic rings. The fourth-order valence-electron chi connectivity index (χ4n) is 2.03. The van der Waals surface area contributed by atoms with Gasteiger partial charge in [-0.3, -0.25) is 0 Å². The Labute approximate surface area is 116 Å². The molecule has 0 amide bonds. The summed E-state index contributed by atoms with van der Waals surface area (Å²) in [7, 11) is 1.58. The van der Waals surface area contributed by atoms with Gasteiger partial charge in [-0.2, -0.15) is 0 Å². The maximum Gasteiger partial charge on any atom is 0.182 e. The molecule has 1 aromatic rings. The van der Waals surface area contributed by atoms with Crippen molar-refractivity contribution in [2.24, 2.45) is 5.73 Å². The zero-order chi connectivity index (χ0) is 14.0. The molecule has 1 fully saturated rings. The van der Waals surface area contributed by atoms with Gasteiger partial charge in [0.1, 0.15) is 4.99 Å². The molecule has 0 heterocycles. The van der Waals surface area contributed by atoms with Crippen LogP contribution in [0.3, 0.4) is 0 Å². The fourth-order valence-corrected chi connectivity index (χ4v) is 2.18. The first-order chi connectivity index (χ1) is 9.06. The number of benzene rings is 1. The van der Waals surface area contributed by atoms with Crippen molar-refractivity contribution < 1.29 is 13.5 Å². The number of hydrogen-bond acceptors (Lipinski definition) is 3. The highest BCUT2D eigenvalue weighted by Gasteiger charge is 2.31. The van der Waals surface area contributed by atoms with E-state index >= 15 is 0 Å². The van der Waals surface area contributed by atoms with Gasteiger partial charge in [-0.25, -0.2) is 8.78 Å². The lowest BCUT2D eigenvalue weighted by Gasteiger charge is -2.25. The summed E-state index contributed by atoms with van der Waals surface area (Å²) in [5.74, 6) is -1.87. The third-order valence-corrected chi connectivity index (χ3v) is 3.38. The molecule has 1 saturated carbocycles. The number of nitrogens with zero attached hydrogens (tertiary/aromatic N) is 1. The smallest absolute Gasteiger partial charge is 0.182 e. The maximum atomic E-state index is 14.1. The van der Waals surface area contributed by atoms with Crippen molar-refractivity contribution in [1.29, 1.82) is 0 Å². The summed E-state index contributed by atoms with van der Waals surface area (Å²) in [6.07, 6.45) is 1.98. The van der Waals surface area contributed by atoms with Crippen molar-refractivity contribution in [2.45, 2.75) is 18.9 Å². The molecule has 2 N–H and O–H groups in total. The Kier molecular flexibility index (Phi) is 4.31. The minimum Gasteiger partial charge on any atom is -0.389 e. The Bertz CT molecular complexity index is 492. The standard InChI is InChI=1S/C13H16F2N2OS/c1-18-7-6-17(8-2-3-8)10-5-4-9(13(16)19)11(14)12(10)15/h4-5,8H,2-3,6-7H2,1H3,(H2,16,19). The molecule has 6 heteroatoms. The predicted octanol–water partition coefficient (Wildman–Crippen LogP) is 2.21. The Balaban J connectivity index is 2.32. The molecular weight excluding hydrogens is 270 g/mol. The molecule has 0 unspecified atom stereocenters. The van der Waals surface area contributed by atoms with Crippen LogP contribution in [0.4, 0.5) is 14.5 Å². The molecule has 0 bridgehead atoms. The lowest BCUT2D eigenvalue weighted by molar-refractivity contribution is 0.204. The van der Waals surface area contributed by atoms with Crippen LogP contribution in [-0.2, 0) is 4.74 Å². The molecule has 1 aliphatic carbocycles. The van der Waals surface area contributed by atoms with Crippen LogP contribution in [-0.4, -0.2) is 31.3 Å². The van der Waals surface area contributed by atoms with Gasteiger partial charge < -0.3 is 15.4 Å². The van der Waals surface area contributed by atoms with Crippen molar-refractivity contribution in [3.8, 4) is 0 Å². The SMILES string of the molecule is COCCN(c1ccc(C(N)=S)c(F)c1F)C1CC1. The number of anilines is 1. The van der Waals surface area contributed by atoms with Crippen LogP contribution in [0.1, 0.15) is 18.4 Å². The van der Waals surface area contributed by atoms with Gasteiger partial charge in [0.25, 0.3) is 0 Å². The van der Waals surface area contributed by atoms with Gasteiger partial charge in [0.05, 0.1) is 12.3 Å². The second kappa shape index (κ2) is 5.79. The van der Waals surface area contributed by atoms with Crippen LogP contribution >= 0.6 is 12.2 Å². The highest BCUT2D eigenvalue weighted by atomic mass is 32.1. The third-order valence-electron chi connectivity index (χ3n) is 3.16. The van der Waals surface area contributed by atoms with Crippen LogP contribution in [0.25, 0.3) is 0 Å². The number of rotatable bonds is 6. The summed E-state index contributed by atoms with van der Waals surface area (Å²) in [6, 6.07) is 3.22. The second-order valence-corrected chi connectivity index (χ2v) is 4.98. The molecule has 0 atom stereocenters. The van der Waals surface area contributed by atoms with Gasteiger partial charge >= 0.3 is 0 Å². The van der Waals surface area contributed by atoms with Crippen molar-refractivity contribution in [3.05, 3.63) is 29.3 Å².